The minimum atomic E-state index is -3.40. The van der Waals surface area contributed by atoms with E-state index >= 15 is 0 Å². The van der Waals surface area contributed by atoms with Crippen molar-refractivity contribution < 1.29 is 12.9 Å². The topological polar surface area (TPSA) is 109 Å². The van der Waals surface area contributed by atoms with Crippen LogP contribution in [0.2, 0.25) is 0 Å². The number of nitrogens with zero attached hydrogens (tertiary/aromatic N) is 6. The van der Waals surface area contributed by atoms with Crippen LogP contribution in [0, 0.1) is 0 Å². The van der Waals surface area contributed by atoms with Gasteiger partial charge in [0.15, 0.2) is 5.96 Å². The summed E-state index contributed by atoms with van der Waals surface area (Å²) in [4.78, 5) is 10.6. The van der Waals surface area contributed by atoms with Crippen LogP contribution in [0.15, 0.2) is 34.2 Å². The Hall–Kier alpha value is -2.40. The largest absolute Gasteiger partial charge is 0.364 e. The van der Waals surface area contributed by atoms with E-state index in [2.05, 4.69) is 20.4 Å². The molecule has 0 radical (unpaired) electrons. The number of guanidine groups is 1. The second-order valence-electron chi connectivity index (χ2n) is 5.99. The lowest BCUT2D eigenvalue weighted by atomic mass is 10.4. The molecule has 2 aromatic rings. The van der Waals surface area contributed by atoms with E-state index in [1.165, 1.54) is 10.6 Å². The summed E-state index contributed by atoms with van der Waals surface area (Å²) in [6.07, 6.45) is 5.01. The Bertz CT molecular complexity index is 836. The molecule has 0 spiro atoms. The van der Waals surface area contributed by atoms with Gasteiger partial charge in [0.05, 0.1) is 12.2 Å². The zero-order valence-corrected chi connectivity index (χ0v) is 15.7. The summed E-state index contributed by atoms with van der Waals surface area (Å²) in [5.41, 5.74) is 0.417. The summed E-state index contributed by atoms with van der Waals surface area (Å²) in [5, 5.41) is 6.95. The van der Waals surface area contributed by atoms with Crippen LogP contribution in [0.4, 0.5) is 0 Å². The normalized spacial score (nSPS) is 16.8. The van der Waals surface area contributed by atoms with Crippen molar-refractivity contribution in [2.75, 3.05) is 33.2 Å². The smallest absolute Gasteiger partial charge is 0.220 e. The molecule has 0 amide bonds. The maximum Gasteiger partial charge on any atom is 0.220 e. The predicted molar refractivity (Wildman–Crippen MR) is 95.7 cm³/mol. The van der Waals surface area contributed by atoms with E-state index < -0.39 is 10.0 Å². The summed E-state index contributed by atoms with van der Waals surface area (Å²) in [5.74, 6) is 1.50. The molecule has 3 rings (SSSR count). The Kier molecular flexibility index (Phi) is 5.57. The van der Waals surface area contributed by atoms with Crippen LogP contribution in [-0.4, -0.2) is 71.5 Å². The Labute approximate surface area is 152 Å². The summed E-state index contributed by atoms with van der Waals surface area (Å²) < 4.78 is 33.1. The van der Waals surface area contributed by atoms with Gasteiger partial charge in [-0.2, -0.15) is 4.31 Å². The van der Waals surface area contributed by atoms with Gasteiger partial charge in [-0.25, -0.2) is 13.4 Å². The number of nitrogens with one attached hydrogen (secondary N) is 1. The molecule has 1 aliphatic rings. The molecule has 2 aromatic heterocycles. The Balaban J connectivity index is 1.54. The number of piperazine rings is 1. The van der Waals surface area contributed by atoms with Crippen molar-refractivity contribution in [1.82, 2.24) is 29.2 Å². The SMILES string of the molecule is CN=C(NCc1nccn1C)N1CCN(S(=O)(=O)Cc2ccon2)CC1. The number of aromatic nitrogens is 3. The standard InChI is InChI=1S/C15H23N7O3S/c1-16-15(18-11-14-17-4-5-20(14)2)21-6-8-22(9-7-21)26(23,24)12-13-3-10-25-19-13/h3-5,10H,6-9,11-12H2,1-2H3,(H,16,18). The van der Waals surface area contributed by atoms with Crippen LogP contribution in [-0.2, 0) is 29.4 Å². The average Bonchev–Trinajstić information content (AvgIpc) is 3.27. The van der Waals surface area contributed by atoms with E-state index in [-0.39, 0.29) is 5.75 Å². The predicted octanol–water partition coefficient (Wildman–Crippen LogP) is -0.369. The van der Waals surface area contributed by atoms with Crippen molar-refractivity contribution in [2.24, 2.45) is 12.0 Å². The fraction of sp³-hybridized carbons (Fsp3) is 0.533. The molecule has 1 fully saturated rings. The molecular weight excluding hydrogens is 358 g/mol. The van der Waals surface area contributed by atoms with E-state index in [9.17, 15) is 8.42 Å². The van der Waals surface area contributed by atoms with E-state index in [0.717, 1.165) is 11.8 Å². The molecule has 0 aliphatic carbocycles. The summed E-state index contributed by atoms with van der Waals surface area (Å²) >= 11 is 0. The zero-order chi connectivity index (χ0) is 18.6. The molecule has 3 heterocycles. The molecule has 10 nitrogen and oxygen atoms in total. The summed E-state index contributed by atoms with van der Waals surface area (Å²) in [6, 6.07) is 1.57. The highest BCUT2D eigenvalue weighted by molar-refractivity contribution is 7.88. The van der Waals surface area contributed by atoms with Gasteiger partial charge in [0.2, 0.25) is 10.0 Å². The van der Waals surface area contributed by atoms with E-state index in [4.69, 9.17) is 4.52 Å². The Morgan fingerprint density at radius 2 is 2.12 bits per heavy atom. The zero-order valence-electron chi connectivity index (χ0n) is 14.9. The molecule has 1 saturated heterocycles. The fourth-order valence-corrected chi connectivity index (χ4v) is 4.25. The molecule has 0 saturated carbocycles. The number of hydrogen-bond acceptors (Lipinski definition) is 6. The highest BCUT2D eigenvalue weighted by Crippen LogP contribution is 2.13. The molecule has 142 valence electrons. The molecule has 0 bridgehead atoms. The number of hydrogen-bond donors (Lipinski definition) is 1. The first-order valence-electron chi connectivity index (χ1n) is 8.28. The first-order chi connectivity index (χ1) is 12.5. The third kappa shape index (κ3) is 4.22. The van der Waals surface area contributed by atoms with E-state index in [0.29, 0.717) is 38.4 Å². The minimum Gasteiger partial charge on any atom is -0.364 e. The number of aliphatic imine (C=N–C) groups is 1. The minimum absolute atomic E-state index is 0.143. The van der Waals surface area contributed by atoms with Crippen LogP contribution < -0.4 is 5.32 Å². The quantitative estimate of drug-likeness (QED) is 0.556. The van der Waals surface area contributed by atoms with Gasteiger partial charge in [0, 0.05) is 58.7 Å². The maximum atomic E-state index is 12.5. The van der Waals surface area contributed by atoms with Gasteiger partial charge in [0.1, 0.15) is 17.8 Å². The third-order valence-electron chi connectivity index (χ3n) is 4.29. The van der Waals surface area contributed by atoms with Crippen molar-refractivity contribution in [3.8, 4) is 0 Å². The maximum absolute atomic E-state index is 12.5. The Morgan fingerprint density at radius 1 is 1.35 bits per heavy atom. The number of imidazole rings is 1. The highest BCUT2D eigenvalue weighted by atomic mass is 32.2. The van der Waals surface area contributed by atoms with Crippen molar-refractivity contribution in [3.05, 3.63) is 36.2 Å². The van der Waals surface area contributed by atoms with E-state index in [1.54, 1.807) is 19.3 Å². The van der Waals surface area contributed by atoms with E-state index in [1.807, 2.05) is 22.7 Å². The van der Waals surface area contributed by atoms with Gasteiger partial charge in [-0.05, 0) is 0 Å². The highest BCUT2D eigenvalue weighted by Gasteiger charge is 2.29. The van der Waals surface area contributed by atoms with Gasteiger partial charge in [0.25, 0.3) is 0 Å². The van der Waals surface area contributed by atoms with Crippen LogP contribution in [0.25, 0.3) is 0 Å². The second-order valence-corrected chi connectivity index (χ2v) is 7.96. The summed E-state index contributed by atoms with van der Waals surface area (Å²) in [7, 11) is 0.248. The van der Waals surface area contributed by atoms with Gasteiger partial charge >= 0.3 is 0 Å². The number of aryl methyl sites for hydroxylation is 1. The van der Waals surface area contributed by atoms with Crippen LogP contribution in [0.5, 0.6) is 0 Å². The molecular formula is C15H23N7O3S. The number of sulfonamides is 1. The molecule has 11 heteroatoms. The molecule has 26 heavy (non-hydrogen) atoms. The first kappa shape index (κ1) is 18.4. The van der Waals surface area contributed by atoms with Crippen molar-refractivity contribution in [1.29, 1.82) is 0 Å². The van der Waals surface area contributed by atoms with Crippen molar-refractivity contribution >= 4 is 16.0 Å². The van der Waals surface area contributed by atoms with Crippen molar-refractivity contribution in [3.63, 3.8) is 0 Å². The molecule has 0 atom stereocenters. The molecule has 0 unspecified atom stereocenters. The second kappa shape index (κ2) is 7.87. The van der Waals surface area contributed by atoms with Gasteiger partial charge < -0.3 is 19.3 Å². The lowest BCUT2D eigenvalue weighted by Gasteiger charge is -2.35. The van der Waals surface area contributed by atoms with Gasteiger partial charge in [-0.1, -0.05) is 5.16 Å². The molecule has 1 N–H and O–H groups in total. The lowest BCUT2D eigenvalue weighted by molar-refractivity contribution is 0.259. The van der Waals surface area contributed by atoms with Gasteiger partial charge in [-0.15, -0.1) is 0 Å². The molecule has 1 aliphatic heterocycles. The van der Waals surface area contributed by atoms with Crippen LogP contribution in [0.3, 0.4) is 0 Å². The van der Waals surface area contributed by atoms with Crippen molar-refractivity contribution in [2.45, 2.75) is 12.3 Å². The monoisotopic (exact) mass is 381 g/mol. The Morgan fingerprint density at radius 3 is 2.69 bits per heavy atom. The van der Waals surface area contributed by atoms with Gasteiger partial charge in [-0.3, -0.25) is 4.99 Å². The average molecular weight is 381 g/mol. The fourth-order valence-electron chi connectivity index (χ4n) is 2.83. The van der Waals surface area contributed by atoms with Crippen LogP contribution in [0.1, 0.15) is 11.5 Å². The first-order valence-corrected chi connectivity index (χ1v) is 9.89. The molecule has 0 aromatic carbocycles. The lowest BCUT2D eigenvalue weighted by Crippen LogP contribution is -2.53. The third-order valence-corrected chi connectivity index (χ3v) is 6.10. The van der Waals surface area contributed by atoms with Crippen LogP contribution >= 0.6 is 0 Å². The summed E-state index contributed by atoms with van der Waals surface area (Å²) in [6.45, 7) is 2.50. The number of rotatable bonds is 5.